The summed E-state index contributed by atoms with van der Waals surface area (Å²) in [4.78, 5) is 23.4. The predicted octanol–water partition coefficient (Wildman–Crippen LogP) is 5.70. The molecule has 2 unspecified atom stereocenters. The van der Waals surface area contributed by atoms with Gasteiger partial charge in [0.1, 0.15) is 6.54 Å². The number of amides is 1. The van der Waals surface area contributed by atoms with Gasteiger partial charge in [-0.1, -0.05) is 78.9 Å². The van der Waals surface area contributed by atoms with Gasteiger partial charge in [0.2, 0.25) is 0 Å². The summed E-state index contributed by atoms with van der Waals surface area (Å²) < 4.78 is 0. The number of carboxylic acid groups (broad SMARTS) is 1. The Morgan fingerprint density at radius 2 is 1.70 bits per heavy atom. The first-order valence-corrected chi connectivity index (χ1v) is 12.9. The molecule has 0 bridgehead atoms. The number of aliphatic carboxylic acids is 1. The SMILES string of the molecule is C[C@@H](NCC1Cc2ccccc2C(c2cccc(C(=O)NCC(=O)O)c2)C1)c1cccc2ccccc12. The van der Waals surface area contributed by atoms with Crippen LogP contribution < -0.4 is 10.6 Å². The lowest BCUT2D eigenvalue weighted by Crippen LogP contribution is -2.31. The molecule has 1 amide bonds. The largest absolute Gasteiger partial charge is 0.480 e. The average molecular weight is 493 g/mol. The van der Waals surface area contributed by atoms with E-state index in [-0.39, 0.29) is 17.9 Å². The number of carboxylic acids is 1. The molecule has 4 aromatic carbocycles. The molecular formula is C32H32N2O3. The van der Waals surface area contributed by atoms with Crippen LogP contribution in [-0.2, 0) is 11.2 Å². The highest BCUT2D eigenvalue weighted by atomic mass is 16.4. The number of hydrogen-bond donors (Lipinski definition) is 3. The number of rotatable bonds is 8. The predicted molar refractivity (Wildman–Crippen MR) is 147 cm³/mol. The maximum Gasteiger partial charge on any atom is 0.322 e. The van der Waals surface area contributed by atoms with Gasteiger partial charge in [-0.25, -0.2) is 0 Å². The minimum Gasteiger partial charge on any atom is -0.480 e. The zero-order chi connectivity index (χ0) is 25.8. The number of carbonyl (C=O) groups is 2. The Balaban J connectivity index is 1.34. The Kier molecular flexibility index (Phi) is 7.33. The molecule has 0 radical (unpaired) electrons. The van der Waals surface area contributed by atoms with Crippen molar-refractivity contribution < 1.29 is 14.7 Å². The molecule has 5 heteroatoms. The molecule has 4 aromatic rings. The van der Waals surface area contributed by atoms with Gasteiger partial charge in [0.15, 0.2) is 0 Å². The maximum atomic E-state index is 12.5. The van der Waals surface area contributed by atoms with Crippen LogP contribution in [-0.4, -0.2) is 30.1 Å². The first-order valence-electron chi connectivity index (χ1n) is 12.9. The molecule has 3 atom stereocenters. The van der Waals surface area contributed by atoms with Gasteiger partial charge in [0, 0.05) is 17.5 Å². The van der Waals surface area contributed by atoms with E-state index in [1.807, 2.05) is 12.1 Å². The topological polar surface area (TPSA) is 78.4 Å². The Hall–Kier alpha value is -3.96. The molecule has 5 nitrogen and oxygen atoms in total. The van der Waals surface area contributed by atoms with E-state index < -0.39 is 12.5 Å². The molecule has 0 fully saturated rings. The van der Waals surface area contributed by atoms with Crippen LogP contribution >= 0.6 is 0 Å². The van der Waals surface area contributed by atoms with Crippen LogP contribution in [0.25, 0.3) is 10.8 Å². The van der Waals surface area contributed by atoms with Crippen molar-refractivity contribution in [1.82, 2.24) is 10.6 Å². The third kappa shape index (κ3) is 5.57. The van der Waals surface area contributed by atoms with Crippen molar-refractivity contribution in [2.24, 2.45) is 5.92 Å². The lowest BCUT2D eigenvalue weighted by atomic mass is 9.73. The fourth-order valence-electron chi connectivity index (χ4n) is 5.62. The number of hydrogen-bond acceptors (Lipinski definition) is 3. The van der Waals surface area contributed by atoms with Crippen molar-refractivity contribution in [1.29, 1.82) is 0 Å². The monoisotopic (exact) mass is 492 g/mol. The van der Waals surface area contributed by atoms with E-state index in [4.69, 9.17) is 5.11 Å². The molecule has 188 valence electrons. The van der Waals surface area contributed by atoms with E-state index in [2.05, 4.69) is 90.4 Å². The van der Waals surface area contributed by atoms with Gasteiger partial charge >= 0.3 is 5.97 Å². The van der Waals surface area contributed by atoms with Crippen LogP contribution in [0.4, 0.5) is 0 Å². The van der Waals surface area contributed by atoms with Crippen molar-refractivity contribution >= 4 is 22.6 Å². The fourth-order valence-corrected chi connectivity index (χ4v) is 5.62. The standard InChI is InChI=1S/C32H32N2O3/c1-21(27-15-7-10-23-8-2-4-13-28(23)27)33-19-22-16-24-9-3-5-14-29(24)30(17-22)25-11-6-12-26(18-25)32(37)34-20-31(35)36/h2-15,18,21-22,30,33H,16-17,19-20H2,1H3,(H,34,37)(H,35,36)/t21-,22?,30?/m1/s1. The van der Waals surface area contributed by atoms with Gasteiger partial charge < -0.3 is 15.7 Å². The zero-order valence-corrected chi connectivity index (χ0v) is 21.0. The Morgan fingerprint density at radius 1 is 0.946 bits per heavy atom. The highest BCUT2D eigenvalue weighted by Crippen LogP contribution is 2.39. The van der Waals surface area contributed by atoms with Crippen LogP contribution in [0.3, 0.4) is 0 Å². The van der Waals surface area contributed by atoms with Crippen molar-refractivity contribution in [3.63, 3.8) is 0 Å². The van der Waals surface area contributed by atoms with Gasteiger partial charge in [-0.2, -0.15) is 0 Å². The molecule has 1 aliphatic carbocycles. The van der Waals surface area contributed by atoms with Crippen LogP contribution in [0.15, 0.2) is 91.0 Å². The highest BCUT2D eigenvalue weighted by molar-refractivity contribution is 5.96. The maximum absolute atomic E-state index is 12.5. The van der Waals surface area contributed by atoms with E-state index in [9.17, 15) is 9.59 Å². The van der Waals surface area contributed by atoms with E-state index in [0.29, 0.717) is 11.5 Å². The summed E-state index contributed by atoms with van der Waals surface area (Å²) in [6.45, 7) is 2.74. The minimum absolute atomic E-state index is 0.178. The van der Waals surface area contributed by atoms with Crippen molar-refractivity contribution in [3.05, 3.63) is 119 Å². The molecule has 0 saturated heterocycles. The van der Waals surface area contributed by atoms with E-state index in [1.54, 1.807) is 6.07 Å². The summed E-state index contributed by atoms with van der Waals surface area (Å²) in [7, 11) is 0. The molecular weight excluding hydrogens is 460 g/mol. The third-order valence-electron chi connectivity index (χ3n) is 7.46. The van der Waals surface area contributed by atoms with Gasteiger partial charge in [0.25, 0.3) is 5.91 Å². The summed E-state index contributed by atoms with van der Waals surface area (Å²) >= 11 is 0. The molecule has 0 aromatic heterocycles. The van der Waals surface area contributed by atoms with Crippen molar-refractivity contribution in [2.75, 3.05) is 13.1 Å². The van der Waals surface area contributed by atoms with Gasteiger partial charge in [0.05, 0.1) is 0 Å². The number of nitrogens with one attached hydrogen (secondary N) is 2. The molecule has 37 heavy (non-hydrogen) atoms. The summed E-state index contributed by atoms with van der Waals surface area (Å²) in [5, 5.41) is 17.7. The molecule has 0 aliphatic heterocycles. The number of fused-ring (bicyclic) bond motifs is 2. The molecule has 0 saturated carbocycles. The Morgan fingerprint density at radius 3 is 2.57 bits per heavy atom. The summed E-state index contributed by atoms with van der Waals surface area (Å²) in [5.41, 5.74) is 5.54. The van der Waals surface area contributed by atoms with E-state index in [0.717, 1.165) is 24.9 Å². The van der Waals surface area contributed by atoms with Gasteiger partial charge in [-0.15, -0.1) is 0 Å². The lowest BCUT2D eigenvalue weighted by molar-refractivity contribution is -0.135. The highest BCUT2D eigenvalue weighted by Gasteiger charge is 2.28. The van der Waals surface area contributed by atoms with Crippen LogP contribution in [0.5, 0.6) is 0 Å². The second kappa shape index (κ2) is 11.0. The summed E-state index contributed by atoms with van der Waals surface area (Å²) in [5.74, 6) is -0.798. The van der Waals surface area contributed by atoms with Crippen molar-refractivity contribution in [2.45, 2.75) is 31.7 Å². The van der Waals surface area contributed by atoms with Crippen molar-refractivity contribution in [3.8, 4) is 0 Å². The van der Waals surface area contributed by atoms with E-state index in [1.165, 1.54) is 27.5 Å². The molecule has 3 N–H and O–H groups in total. The average Bonchev–Trinajstić information content (AvgIpc) is 2.93. The second-order valence-corrected chi connectivity index (χ2v) is 9.96. The quantitative estimate of drug-likeness (QED) is 0.295. The zero-order valence-electron chi connectivity index (χ0n) is 21.0. The van der Waals surface area contributed by atoms with Gasteiger partial charge in [-0.3, -0.25) is 9.59 Å². The normalized spacial score (nSPS) is 17.6. The molecule has 0 heterocycles. The van der Waals surface area contributed by atoms with E-state index >= 15 is 0 Å². The fraction of sp³-hybridized carbons (Fsp3) is 0.250. The van der Waals surface area contributed by atoms with Crippen LogP contribution in [0, 0.1) is 5.92 Å². The third-order valence-corrected chi connectivity index (χ3v) is 7.46. The Labute approximate surface area is 217 Å². The van der Waals surface area contributed by atoms with Crippen LogP contribution in [0.1, 0.15) is 57.9 Å². The number of carbonyl (C=O) groups excluding carboxylic acids is 1. The lowest BCUT2D eigenvalue weighted by Gasteiger charge is -2.33. The molecule has 5 rings (SSSR count). The van der Waals surface area contributed by atoms with Crippen LogP contribution in [0.2, 0.25) is 0 Å². The Bertz CT molecular complexity index is 1430. The second-order valence-electron chi connectivity index (χ2n) is 9.96. The molecule has 0 spiro atoms. The number of benzene rings is 4. The van der Waals surface area contributed by atoms with Gasteiger partial charge in [-0.05, 0) is 77.4 Å². The first-order chi connectivity index (χ1) is 18.0. The molecule has 1 aliphatic rings. The smallest absolute Gasteiger partial charge is 0.322 e. The summed E-state index contributed by atoms with van der Waals surface area (Å²) in [6.07, 6.45) is 1.99. The first kappa shape index (κ1) is 24.7. The minimum atomic E-state index is -1.06. The summed E-state index contributed by atoms with van der Waals surface area (Å²) in [6, 6.07) is 31.4.